The van der Waals surface area contributed by atoms with Gasteiger partial charge in [0.15, 0.2) is 0 Å². The topological polar surface area (TPSA) is 86.5 Å². The molecule has 0 fully saturated rings. The van der Waals surface area contributed by atoms with E-state index in [0.717, 1.165) is 33.6 Å². The van der Waals surface area contributed by atoms with E-state index in [-0.39, 0.29) is 30.6 Å². The van der Waals surface area contributed by atoms with Crippen molar-refractivity contribution in [3.05, 3.63) is 99.0 Å². The predicted molar refractivity (Wildman–Crippen MR) is 166 cm³/mol. The van der Waals surface area contributed by atoms with Gasteiger partial charge in [0.2, 0.25) is 0 Å². The monoisotopic (exact) mass is 598 g/mol. The number of anilines is 1. The van der Waals surface area contributed by atoms with E-state index in [2.05, 4.69) is 27.1 Å². The number of H-pyrrole nitrogens is 1. The summed E-state index contributed by atoms with van der Waals surface area (Å²) in [6.45, 7) is 11.9. The molecule has 0 spiro atoms. The van der Waals surface area contributed by atoms with Gasteiger partial charge in [0.25, 0.3) is 11.5 Å². The number of carbonyl (C=O) groups excluding carboxylic acids is 1. The first-order valence-electron chi connectivity index (χ1n) is 14.3. The number of aryl methyl sites for hydroxylation is 2. The van der Waals surface area contributed by atoms with Gasteiger partial charge in [0, 0.05) is 61.9 Å². The Morgan fingerprint density at radius 2 is 1.79 bits per heavy atom. The molecule has 3 N–H and O–H groups in total. The summed E-state index contributed by atoms with van der Waals surface area (Å²) < 4.78 is 42.9. The maximum Gasteiger partial charge on any atom is 0.401 e. The Labute approximate surface area is 251 Å². The highest BCUT2D eigenvalue weighted by atomic mass is 19.4. The number of hydrogen-bond acceptors (Lipinski definition) is 5. The lowest BCUT2D eigenvalue weighted by Crippen LogP contribution is -2.36. The lowest BCUT2D eigenvalue weighted by atomic mass is 9.95. The Morgan fingerprint density at radius 1 is 1.09 bits per heavy atom. The molecular formula is C33H41F3N4O3. The third-order valence-electron chi connectivity index (χ3n) is 7.43. The van der Waals surface area contributed by atoms with E-state index in [4.69, 9.17) is 4.74 Å². The highest BCUT2D eigenvalue weighted by Crippen LogP contribution is 2.33. The van der Waals surface area contributed by atoms with Crippen LogP contribution in [0.5, 0.6) is 0 Å². The first kappa shape index (κ1) is 33.6. The van der Waals surface area contributed by atoms with Crippen molar-refractivity contribution in [2.24, 2.45) is 0 Å². The number of methoxy groups -OCH3 is 1. The van der Waals surface area contributed by atoms with E-state index in [9.17, 15) is 22.8 Å². The first-order valence-corrected chi connectivity index (χ1v) is 14.3. The van der Waals surface area contributed by atoms with Crippen LogP contribution in [0.3, 0.4) is 0 Å². The largest absolute Gasteiger partial charge is 0.401 e. The number of nitrogens with zero attached hydrogens (tertiary/aromatic N) is 1. The van der Waals surface area contributed by atoms with Crippen LogP contribution in [-0.2, 0) is 17.8 Å². The maximum atomic E-state index is 13.7. The van der Waals surface area contributed by atoms with Gasteiger partial charge in [-0.2, -0.15) is 13.2 Å². The molecule has 0 radical (unpaired) electrons. The average molecular weight is 599 g/mol. The van der Waals surface area contributed by atoms with E-state index in [1.54, 1.807) is 26.2 Å². The van der Waals surface area contributed by atoms with Crippen LogP contribution in [0.4, 0.5) is 18.9 Å². The third kappa shape index (κ3) is 9.05. The summed E-state index contributed by atoms with van der Waals surface area (Å²) >= 11 is 0. The number of pyridine rings is 1. The summed E-state index contributed by atoms with van der Waals surface area (Å²) in [5, 5.41) is 5.33. The van der Waals surface area contributed by atoms with Crippen molar-refractivity contribution in [1.82, 2.24) is 15.6 Å². The molecule has 1 unspecified atom stereocenters. The summed E-state index contributed by atoms with van der Waals surface area (Å²) in [5.41, 5.74) is 6.17. The van der Waals surface area contributed by atoms with E-state index >= 15 is 0 Å². The fraction of sp³-hybridized carbons (Fsp3) is 0.394. The molecule has 3 aromatic rings. The SMILES string of the molecule is C=CC(CCOC)N(CC)c1cc(-c2ccc(CNCC(F)(F)F)cc2)cc(C(=O)NCc2c(C)cc(C)[nH]c2=O)c1C. The van der Waals surface area contributed by atoms with Crippen molar-refractivity contribution >= 4 is 11.6 Å². The Morgan fingerprint density at radius 3 is 2.37 bits per heavy atom. The smallest absolute Gasteiger partial charge is 0.385 e. The fourth-order valence-corrected chi connectivity index (χ4v) is 5.15. The van der Waals surface area contributed by atoms with Gasteiger partial charge >= 0.3 is 6.18 Å². The molecule has 1 amide bonds. The number of halogens is 3. The molecule has 0 aliphatic rings. The zero-order valence-electron chi connectivity index (χ0n) is 25.5. The molecule has 0 aliphatic carbocycles. The zero-order valence-corrected chi connectivity index (χ0v) is 25.5. The number of rotatable bonds is 14. The highest BCUT2D eigenvalue weighted by Gasteiger charge is 2.26. The second-order valence-corrected chi connectivity index (χ2v) is 10.6. The molecule has 10 heteroatoms. The molecule has 1 heterocycles. The molecule has 1 atom stereocenters. The van der Waals surface area contributed by atoms with Crippen LogP contribution in [-0.4, -0.2) is 49.9 Å². The van der Waals surface area contributed by atoms with Gasteiger partial charge in [0.1, 0.15) is 0 Å². The Hall–Kier alpha value is -3.89. The molecule has 0 bridgehead atoms. The van der Waals surface area contributed by atoms with Gasteiger partial charge < -0.3 is 25.3 Å². The normalized spacial score (nSPS) is 12.2. The number of aromatic amines is 1. The van der Waals surface area contributed by atoms with Gasteiger partial charge in [-0.1, -0.05) is 30.3 Å². The molecule has 232 valence electrons. The maximum absolute atomic E-state index is 13.7. The number of nitrogens with one attached hydrogen (secondary N) is 3. The number of ether oxygens (including phenoxy) is 1. The lowest BCUT2D eigenvalue weighted by molar-refractivity contribution is -0.125. The van der Waals surface area contributed by atoms with Crippen LogP contribution in [0.15, 0.2) is 59.9 Å². The lowest BCUT2D eigenvalue weighted by Gasteiger charge is -2.33. The van der Waals surface area contributed by atoms with Gasteiger partial charge in [-0.25, -0.2) is 0 Å². The number of aromatic nitrogens is 1. The van der Waals surface area contributed by atoms with Crippen LogP contribution >= 0.6 is 0 Å². The Balaban J connectivity index is 2.01. The summed E-state index contributed by atoms with van der Waals surface area (Å²) in [5.74, 6) is -0.323. The Bertz CT molecular complexity index is 1470. The summed E-state index contributed by atoms with van der Waals surface area (Å²) in [6.07, 6.45) is -1.71. The molecule has 0 saturated heterocycles. The first-order chi connectivity index (χ1) is 20.4. The Kier molecular flexibility index (Phi) is 11.7. The van der Waals surface area contributed by atoms with Gasteiger partial charge in [-0.3, -0.25) is 9.59 Å². The van der Waals surface area contributed by atoms with Crippen LogP contribution in [0.2, 0.25) is 0 Å². The number of benzene rings is 2. The zero-order chi connectivity index (χ0) is 31.7. The van der Waals surface area contributed by atoms with Gasteiger partial charge in [-0.15, -0.1) is 6.58 Å². The fourth-order valence-electron chi connectivity index (χ4n) is 5.15. The number of likely N-dealkylation sites (N-methyl/N-ethyl adjacent to an activating group) is 1. The summed E-state index contributed by atoms with van der Waals surface area (Å²) in [6, 6.07) is 12.9. The molecule has 7 nitrogen and oxygen atoms in total. The molecule has 0 aliphatic heterocycles. The average Bonchev–Trinajstić information content (AvgIpc) is 2.94. The second kappa shape index (κ2) is 15.0. The molecule has 43 heavy (non-hydrogen) atoms. The van der Waals surface area contributed by atoms with Crippen molar-refractivity contribution in [2.45, 2.75) is 59.4 Å². The summed E-state index contributed by atoms with van der Waals surface area (Å²) in [4.78, 5) is 31.2. The molecule has 1 aromatic heterocycles. The van der Waals surface area contributed by atoms with Crippen molar-refractivity contribution in [2.75, 3.05) is 31.7 Å². The quantitative estimate of drug-likeness (QED) is 0.199. The van der Waals surface area contributed by atoms with Gasteiger partial charge in [0.05, 0.1) is 6.54 Å². The molecular weight excluding hydrogens is 557 g/mol. The second-order valence-electron chi connectivity index (χ2n) is 10.6. The van der Waals surface area contributed by atoms with Crippen LogP contribution < -0.4 is 21.1 Å². The minimum Gasteiger partial charge on any atom is -0.385 e. The van der Waals surface area contributed by atoms with Crippen molar-refractivity contribution in [1.29, 1.82) is 0 Å². The van der Waals surface area contributed by atoms with Crippen LogP contribution in [0.25, 0.3) is 11.1 Å². The predicted octanol–water partition coefficient (Wildman–Crippen LogP) is 5.97. The minimum absolute atomic E-state index is 0.0503. The van der Waals surface area contributed by atoms with E-state index < -0.39 is 12.7 Å². The molecule has 0 saturated carbocycles. The van der Waals surface area contributed by atoms with Crippen LogP contribution in [0, 0.1) is 20.8 Å². The van der Waals surface area contributed by atoms with E-state index in [1.807, 2.05) is 57.2 Å². The number of carbonyl (C=O) groups is 1. The summed E-state index contributed by atoms with van der Waals surface area (Å²) in [7, 11) is 1.65. The molecule has 3 rings (SSSR count). The van der Waals surface area contributed by atoms with Crippen molar-refractivity contribution in [3.8, 4) is 11.1 Å². The number of hydrogen-bond donors (Lipinski definition) is 3. The van der Waals surface area contributed by atoms with E-state index in [0.29, 0.717) is 36.3 Å². The van der Waals surface area contributed by atoms with E-state index in [1.165, 1.54) is 0 Å². The van der Waals surface area contributed by atoms with Crippen molar-refractivity contribution < 1.29 is 22.7 Å². The highest BCUT2D eigenvalue weighted by molar-refractivity contribution is 5.99. The minimum atomic E-state index is -4.28. The standard InChI is InChI=1S/C33H41F3N4O3/c1-7-27(13-14-43-6)40(8-2)30-17-26(25-11-9-24(10-12-25)18-37-20-33(34,35)36)16-28(23(30)5)31(41)38-19-29-21(3)15-22(4)39-32(29)42/h7,9-12,15-17,27,37H,1,8,13-14,18-20H2,2-6H3,(H,38,41)(H,39,42). The number of amides is 1. The van der Waals surface area contributed by atoms with Crippen molar-refractivity contribution in [3.63, 3.8) is 0 Å². The third-order valence-corrected chi connectivity index (χ3v) is 7.43. The van der Waals surface area contributed by atoms with Crippen LogP contribution in [0.1, 0.15) is 51.7 Å². The molecule has 2 aromatic carbocycles. The van der Waals surface area contributed by atoms with Gasteiger partial charge in [-0.05, 0) is 80.1 Å². The number of alkyl halides is 3.